The Hall–Kier alpha value is -3.23. The summed E-state index contributed by atoms with van der Waals surface area (Å²) in [5, 5.41) is 12.1. The first-order valence-electron chi connectivity index (χ1n) is 10.4. The molecule has 1 saturated heterocycles. The number of hydrogen-bond acceptors (Lipinski definition) is 8. The largest absolute Gasteiger partial charge is 0.466 e. The number of fused-ring (bicyclic) bond motifs is 1. The molecule has 3 heterocycles. The molecule has 1 fully saturated rings. The molecule has 1 aromatic heterocycles. The molecule has 2 aliphatic rings. The van der Waals surface area contributed by atoms with E-state index in [4.69, 9.17) is 4.74 Å². The predicted molar refractivity (Wildman–Crippen MR) is 112 cm³/mol. The minimum absolute atomic E-state index is 0.0798. The van der Waals surface area contributed by atoms with Gasteiger partial charge in [-0.25, -0.2) is 9.97 Å². The van der Waals surface area contributed by atoms with Crippen LogP contribution in [0.4, 0.5) is 23.0 Å². The first-order valence-corrected chi connectivity index (χ1v) is 10.4. The van der Waals surface area contributed by atoms with Crippen LogP contribution in [0.15, 0.2) is 30.6 Å². The number of ether oxygens (including phenoxy) is 1. The maximum Gasteiger partial charge on any atom is 0.353 e. The van der Waals surface area contributed by atoms with Crippen molar-refractivity contribution in [2.75, 3.05) is 36.0 Å². The zero-order chi connectivity index (χ0) is 21.1. The Bertz CT molecular complexity index is 943. The second-order valence-electron chi connectivity index (χ2n) is 7.52. The predicted octanol–water partition coefficient (Wildman–Crippen LogP) is 3.25. The molecular formula is C21H25N5O4. The molecule has 4 rings (SSSR count). The number of nitrogens with zero attached hydrogens (tertiary/aromatic N) is 5. The third kappa shape index (κ3) is 3.79. The SMILES string of the molecule is CCOC(=O)C1CCN(c2ncnc(N3CCCc4ccccc43)c2[N+](=O)[O-])CC1. The Kier molecular flexibility index (Phi) is 5.78. The van der Waals surface area contributed by atoms with E-state index >= 15 is 0 Å². The molecule has 9 heteroatoms. The summed E-state index contributed by atoms with van der Waals surface area (Å²) < 4.78 is 5.12. The Morgan fingerprint density at radius 3 is 2.67 bits per heavy atom. The van der Waals surface area contributed by atoms with Gasteiger partial charge in [-0.2, -0.15) is 0 Å². The molecule has 30 heavy (non-hydrogen) atoms. The molecule has 0 saturated carbocycles. The number of carbonyl (C=O) groups excluding carboxylic acids is 1. The van der Waals surface area contributed by atoms with Gasteiger partial charge >= 0.3 is 11.7 Å². The van der Waals surface area contributed by atoms with Gasteiger partial charge in [-0.1, -0.05) is 18.2 Å². The lowest BCUT2D eigenvalue weighted by atomic mass is 9.97. The lowest BCUT2D eigenvalue weighted by molar-refractivity contribution is -0.383. The number of rotatable bonds is 5. The zero-order valence-electron chi connectivity index (χ0n) is 17.0. The molecule has 0 N–H and O–H groups in total. The number of aromatic nitrogens is 2. The highest BCUT2D eigenvalue weighted by Gasteiger charge is 2.35. The number of anilines is 3. The van der Waals surface area contributed by atoms with Gasteiger partial charge in [0.1, 0.15) is 6.33 Å². The second-order valence-corrected chi connectivity index (χ2v) is 7.52. The first kappa shape index (κ1) is 20.1. The minimum Gasteiger partial charge on any atom is -0.466 e. The highest BCUT2D eigenvalue weighted by atomic mass is 16.6. The van der Waals surface area contributed by atoms with Crippen molar-refractivity contribution < 1.29 is 14.5 Å². The minimum atomic E-state index is -0.390. The molecule has 0 radical (unpaired) electrons. The summed E-state index contributed by atoms with van der Waals surface area (Å²) in [5.41, 5.74) is 2.04. The maximum absolute atomic E-state index is 12.1. The van der Waals surface area contributed by atoms with E-state index in [0.29, 0.717) is 50.7 Å². The third-order valence-corrected chi connectivity index (χ3v) is 5.75. The van der Waals surface area contributed by atoms with Gasteiger partial charge in [0.05, 0.1) is 17.4 Å². The Morgan fingerprint density at radius 2 is 1.93 bits per heavy atom. The maximum atomic E-state index is 12.1. The molecule has 0 bridgehead atoms. The number of piperidine rings is 1. The summed E-state index contributed by atoms with van der Waals surface area (Å²) >= 11 is 0. The lowest BCUT2D eigenvalue weighted by Crippen LogP contribution is -2.38. The molecule has 2 aliphatic heterocycles. The van der Waals surface area contributed by atoms with Gasteiger partial charge < -0.3 is 14.5 Å². The van der Waals surface area contributed by atoms with Crippen molar-refractivity contribution in [2.45, 2.75) is 32.6 Å². The summed E-state index contributed by atoms with van der Waals surface area (Å²) in [7, 11) is 0. The van der Waals surface area contributed by atoms with Crippen molar-refractivity contribution in [3.05, 3.63) is 46.3 Å². The van der Waals surface area contributed by atoms with Gasteiger partial charge in [0.15, 0.2) is 0 Å². The van der Waals surface area contributed by atoms with Crippen molar-refractivity contribution in [3.8, 4) is 0 Å². The second kappa shape index (κ2) is 8.64. The fourth-order valence-electron chi connectivity index (χ4n) is 4.29. The highest BCUT2D eigenvalue weighted by molar-refractivity contribution is 5.78. The normalized spacial score (nSPS) is 16.8. The van der Waals surface area contributed by atoms with Crippen LogP contribution >= 0.6 is 0 Å². The number of aryl methyl sites for hydroxylation is 1. The monoisotopic (exact) mass is 411 g/mol. The fourth-order valence-corrected chi connectivity index (χ4v) is 4.29. The van der Waals surface area contributed by atoms with Gasteiger partial charge in [0, 0.05) is 25.3 Å². The van der Waals surface area contributed by atoms with Crippen LogP contribution in [0.3, 0.4) is 0 Å². The highest BCUT2D eigenvalue weighted by Crippen LogP contribution is 2.41. The van der Waals surface area contributed by atoms with Crippen molar-refractivity contribution >= 4 is 29.0 Å². The number of para-hydroxylation sites is 1. The number of carbonyl (C=O) groups is 1. The quantitative estimate of drug-likeness (QED) is 0.420. The fraction of sp³-hybridized carbons (Fsp3) is 0.476. The number of esters is 1. The van der Waals surface area contributed by atoms with Gasteiger partial charge in [0.25, 0.3) is 0 Å². The summed E-state index contributed by atoms with van der Waals surface area (Å²) in [6, 6.07) is 7.95. The Balaban J connectivity index is 1.64. The molecular weight excluding hydrogens is 386 g/mol. The van der Waals surface area contributed by atoms with Gasteiger partial charge in [-0.15, -0.1) is 0 Å². The van der Waals surface area contributed by atoms with Crippen LogP contribution in [0.1, 0.15) is 31.7 Å². The van der Waals surface area contributed by atoms with E-state index in [0.717, 1.165) is 24.1 Å². The van der Waals surface area contributed by atoms with E-state index in [1.807, 2.05) is 28.0 Å². The van der Waals surface area contributed by atoms with Crippen molar-refractivity contribution in [3.63, 3.8) is 0 Å². The summed E-state index contributed by atoms with van der Waals surface area (Å²) in [6.45, 7) is 3.84. The molecule has 0 spiro atoms. The molecule has 0 unspecified atom stereocenters. The first-order chi connectivity index (χ1) is 14.6. The summed E-state index contributed by atoms with van der Waals surface area (Å²) in [5.74, 6) is 0.274. The summed E-state index contributed by atoms with van der Waals surface area (Å²) in [6.07, 6.45) is 4.41. The van der Waals surface area contributed by atoms with Crippen molar-refractivity contribution in [1.82, 2.24) is 9.97 Å². The average molecular weight is 411 g/mol. The van der Waals surface area contributed by atoms with Crippen molar-refractivity contribution in [2.24, 2.45) is 5.92 Å². The van der Waals surface area contributed by atoms with Crippen LogP contribution in [0.5, 0.6) is 0 Å². The van der Waals surface area contributed by atoms with Crippen LogP contribution in [0.2, 0.25) is 0 Å². The molecule has 1 aromatic carbocycles. The standard InChI is InChI=1S/C21H25N5O4/c1-2-30-21(27)16-9-12-24(13-10-16)19-18(26(28)29)20(23-14-22-19)25-11-5-7-15-6-3-4-8-17(15)25/h3-4,6,8,14,16H,2,5,7,9-13H2,1H3. The van der Waals surface area contributed by atoms with Gasteiger partial charge in [0.2, 0.25) is 11.6 Å². The number of hydrogen-bond donors (Lipinski definition) is 0. The molecule has 0 atom stereocenters. The van der Waals surface area contributed by atoms with E-state index in [9.17, 15) is 14.9 Å². The number of benzene rings is 1. The average Bonchev–Trinajstić information content (AvgIpc) is 2.78. The Labute approximate surface area is 174 Å². The molecule has 0 aliphatic carbocycles. The Morgan fingerprint density at radius 1 is 1.20 bits per heavy atom. The summed E-state index contributed by atoms with van der Waals surface area (Å²) in [4.78, 5) is 36.1. The molecule has 9 nitrogen and oxygen atoms in total. The van der Waals surface area contributed by atoms with E-state index in [1.54, 1.807) is 6.92 Å². The van der Waals surface area contributed by atoms with E-state index < -0.39 is 0 Å². The molecule has 2 aromatic rings. The molecule has 0 amide bonds. The van der Waals surface area contributed by atoms with Crippen LogP contribution < -0.4 is 9.80 Å². The number of nitro groups is 1. The topological polar surface area (TPSA) is 102 Å². The zero-order valence-corrected chi connectivity index (χ0v) is 17.0. The van der Waals surface area contributed by atoms with Crippen LogP contribution in [-0.2, 0) is 16.0 Å². The van der Waals surface area contributed by atoms with Crippen molar-refractivity contribution in [1.29, 1.82) is 0 Å². The van der Waals surface area contributed by atoms with Crippen LogP contribution in [0.25, 0.3) is 0 Å². The van der Waals surface area contributed by atoms with E-state index in [2.05, 4.69) is 16.0 Å². The van der Waals surface area contributed by atoms with Crippen LogP contribution in [0, 0.1) is 16.0 Å². The lowest BCUT2D eigenvalue weighted by Gasteiger charge is -2.33. The third-order valence-electron chi connectivity index (χ3n) is 5.75. The molecule has 158 valence electrons. The van der Waals surface area contributed by atoms with Gasteiger partial charge in [-0.3, -0.25) is 14.9 Å². The van der Waals surface area contributed by atoms with Crippen LogP contribution in [-0.4, -0.2) is 47.1 Å². The van der Waals surface area contributed by atoms with Gasteiger partial charge in [-0.05, 0) is 44.2 Å². The van der Waals surface area contributed by atoms with E-state index in [1.165, 1.54) is 6.33 Å². The smallest absolute Gasteiger partial charge is 0.353 e. The van der Waals surface area contributed by atoms with E-state index in [-0.39, 0.29) is 22.5 Å².